The monoisotopic (exact) mass is 445 g/mol. The third-order valence-corrected chi connectivity index (χ3v) is 5.67. The molecule has 0 aliphatic rings. The summed E-state index contributed by atoms with van der Waals surface area (Å²) in [6, 6.07) is 17.2. The zero-order valence-corrected chi connectivity index (χ0v) is 19.0. The van der Waals surface area contributed by atoms with Crippen molar-refractivity contribution < 1.29 is 4.79 Å². The Kier molecular flexibility index (Phi) is 6.26. The molecule has 4 aromatic rings. The van der Waals surface area contributed by atoms with Gasteiger partial charge in [-0.05, 0) is 31.9 Å². The van der Waals surface area contributed by atoms with E-state index in [2.05, 4.69) is 10.4 Å². The maximum atomic E-state index is 13.4. The fourth-order valence-corrected chi connectivity index (χ4v) is 3.95. The van der Waals surface area contributed by atoms with Crippen molar-refractivity contribution in [2.75, 3.05) is 0 Å². The second-order valence-corrected chi connectivity index (χ2v) is 8.11. The summed E-state index contributed by atoms with van der Waals surface area (Å²) in [6.45, 7) is 6.38. The van der Waals surface area contributed by atoms with Crippen molar-refractivity contribution >= 4 is 16.9 Å². The van der Waals surface area contributed by atoms with Crippen LogP contribution in [-0.2, 0) is 31.0 Å². The van der Waals surface area contributed by atoms with Gasteiger partial charge in [-0.3, -0.25) is 23.4 Å². The van der Waals surface area contributed by atoms with Crippen molar-refractivity contribution in [3.63, 3.8) is 0 Å². The van der Waals surface area contributed by atoms with Gasteiger partial charge in [0, 0.05) is 13.1 Å². The van der Waals surface area contributed by atoms with E-state index in [0.29, 0.717) is 29.8 Å². The lowest BCUT2D eigenvalue weighted by atomic mass is 10.1. The molecule has 1 amide bonds. The number of rotatable bonds is 7. The molecule has 33 heavy (non-hydrogen) atoms. The van der Waals surface area contributed by atoms with Crippen molar-refractivity contribution in [3.8, 4) is 0 Å². The average Bonchev–Trinajstić information content (AvgIpc) is 3.16. The maximum absolute atomic E-state index is 13.4. The van der Waals surface area contributed by atoms with Crippen molar-refractivity contribution in [3.05, 3.63) is 97.8 Å². The number of hydrogen-bond donors (Lipinski definition) is 1. The van der Waals surface area contributed by atoms with Gasteiger partial charge < -0.3 is 5.32 Å². The fourth-order valence-electron chi connectivity index (χ4n) is 3.95. The number of carbonyl (C=O) groups excluding carboxylic acids is 1. The number of nitrogens with zero attached hydrogens (tertiary/aromatic N) is 4. The molecular weight excluding hydrogens is 418 g/mol. The average molecular weight is 446 g/mol. The van der Waals surface area contributed by atoms with Crippen molar-refractivity contribution in [2.24, 2.45) is 0 Å². The summed E-state index contributed by atoms with van der Waals surface area (Å²) in [5.74, 6) is -0.312. The predicted octanol–water partition coefficient (Wildman–Crippen LogP) is 2.36. The number of fused-ring (bicyclic) bond motifs is 1. The molecule has 0 spiro atoms. The summed E-state index contributed by atoms with van der Waals surface area (Å²) in [6.07, 6.45) is 0. The van der Waals surface area contributed by atoms with Gasteiger partial charge in [-0.15, -0.1) is 0 Å². The summed E-state index contributed by atoms with van der Waals surface area (Å²) in [5, 5.41) is 7.31. The van der Waals surface area contributed by atoms with Gasteiger partial charge in [0.2, 0.25) is 5.91 Å². The molecule has 2 heterocycles. The van der Waals surface area contributed by atoms with Crippen molar-refractivity contribution in [1.82, 2.24) is 24.2 Å². The minimum atomic E-state index is -0.527. The van der Waals surface area contributed by atoms with E-state index in [1.54, 1.807) is 11.6 Å². The number of benzene rings is 2. The summed E-state index contributed by atoms with van der Waals surface area (Å²) in [7, 11) is 0. The highest BCUT2D eigenvalue weighted by molar-refractivity contribution is 5.81. The lowest BCUT2D eigenvalue weighted by Crippen LogP contribution is -2.43. The quantitative estimate of drug-likeness (QED) is 0.473. The second-order valence-electron chi connectivity index (χ2n) is 8.11. The van der Waals surface area contributed by atoms with Crippen LogP contribution in [0.5, 0.6) is 0 Å². The fraction of sp³-hybridized carbons (Fsp3) is 0.280. The van der Waals surface area contributed by atoms with E-state index in [0.717, 1.165) is 16.7 Å². The molecule has 8 heteroatoms. The van der Waals surface area contributed by atoms with Crippen LogP contribution < -0.4 is 16.6 Å². The molecule has 0 radical (unpaired) electrons. The highest BCUT2D eigenvalue weighted by Crippen LogP contribution is 2.14. The van der Waals surface area contributed by atoms with E-state index in [1.807, 2.05) is 68.4 Å². The van der Waals surface area contributed by atoms with E-state index in [1.165, 1.54) is 9.13 Å². The molecule has 0 atom stereocenters. The first-order valence-corrected chi connectivity index (χ1v) is 11.0. The van der Waals surface area contributed by atoms with Gasteiger partial charge in [0.25, 0.3) is 5.56 Å². The zero-order chi connectivity index (χ0) is 23.5. The molecule has 0 saturated carbocycles. The third kappa shape index (κ3) is 4.50. The van der Waals surface area contributed by atoms with Gasteiger partial charge in [-0.1, -0.05) is 60.2 Å². The van der Waals surface area contributed by atoms with Crippen LogP contribution in [0.4, 0.5) is 0 Å². The summed E-state index contributed by atoms with van der Waals surface area (Å²) in [5.41, 5.74) is 3.28. The zero-order valence-electron chi connectivity index (χ0n) is 19.0. The standard InChI is InChI=1S/C25H27N5O3/c1-4-30-23-22(18(3)27-30)28(16-21(31)26-14-19-12-10-17(2)11-13-19)25(33)29(24(23)32)15-20-8-6-5-7-9-20/h5-13H,4,14-16H2,1-3H3,(H,26,31). The van der Waals surface area contributed by atoms with E-state index in [9.17, 15) is 14.4 Å². The lowest BCUT2D eigenvalue weighted by Gasteiger charge is -2.13. The maximum Gasteiger partial charge on any atom is 0.332 e. The van der Waals surface area contributed by atoms with Gasteiger partial charge in [0.05, 0.1) is 12.2 Å². The summed E-state index contributed by atoms with van der Waals surface area (Å²) in [4.78, 5) is 39.5. The Morgan fingerprint density at radius 3 is 2.27 bits per heavy atom. The minimum Gasteiger partial charge on any atom is -0.350 e. The second kappa shape index (κ2) is 9.28. The number of carbonyl (C=O) groups is 1. The molecule has 2 aromatic carbocycles. The molecule has 4 rings (SSSR count). The summed E-state index contributed by atoms with van der Waals surface area (Å²) >= 11 is 0. The topological polar surface area (TPSA) is 90.9 Å². The van der Waals surface area contributed by atoms with Gasteiger partial charge in [0.1, 0.15) is 12.1 Å². The number of aryl methyl sites for hydroxylation is 3. The van der Waals surface area contributed by atoms with Gasteiger partial charge >= 0.3 is 5.69 Å². The first-order valence-electron chi connectivity index (χ1n) is 11.0. The summed E-state index contributed by atoms with van der Waals surface area (Å²) < 4.78 is 4.13. The van der Waals surface area contributed by atoms with E-state index in [4.69, 9.17) is 0 Å². The molecule has 0 aliphatic carbocycles. The van der Waals surface area contributed by atoms with E-state index in [-0.39, 0.29) is 19.0 Å². The van der Waals surface area contributed by atoms with Gasteiger partial charge in [0.15, 0.2) is 5.52 Å². The molecule has 2 aromatic heterocycles. The van der Waals surface area contributed by atoms with Crippen molar-refractivity contribution in [1.29, 1.82) is 0 Å². The Morgan fingerprint density at radius 1 is 0.909 bits per heavy atom. The van der Waals surface area contributed by atoms with Gasteiger partial charge in [-0.2, -0.15) is 5.10 Å². The Morgan fingerprint density at radius 2 is 1.61 bits per heavy atom. The number of nitrogens with one attached hydrogen (secondary N) is 1. The molecule has 170 valence electrons. The minimum absolute atomic E-state index is 0.118. The predicted molar refractivity (Wildman–Crippen MR) is 127 cm³/mol. The molecular formula is C25H27N5O3. The third-order valence-electron chi connectivity index (χ3n) is 5.67. The highest BCUT2D eigenvalue weighted by Gasteiger charge is 2.21. The normalized spacial score (nSPS) is 11.1. The smallest absolute Gasteiger partial charge is 0.332 e. The Labute approximate surface area is 191 Å². The van der Waals surface area contributed by atoms with Crippen LogP contribution >= 0.6 is 0 Å². The molecule has 0 aliphatic heterocycles. The molecule has 0 unspecified atom stereocenters. The number of hydrogen-bond acceptors (Lipinski definition) is 4. The van der Waals surface area contributed by atoms with Gasteiger partial charge in [-0.25, -0.2) is 4.79 Å². The highest BCUT2D eigenvalue weighted by atomic mass is 16.2. The van der Waals surface area contributed by atoms with Crippen LogP contribution in [0.15, 0.2) is 64.2 Å². The largest absolute Gasteiger partial charge is 0.350 e. The van der Waals surface area contributed by atoms with Crippen LogP contribution in [0, 0.1) is 13.8 Å². The Balaban J connectivity index is 1.73. The Hall–Kier alpha value is -3.94. The molecule has 0 fully saturated rings. The Bertz CT molecular complexity index is 1410. The SMILES string of the molecule is CCn1nc(C)c2c1c(=O)n(Cc1ccccc1)c(=O)n2CC(=O)NCc1ccc(C)cc1. The number of amides is 1. The van der Waals surface area contributed by atoms with E-state index >= 15 is 0 Å². The molecule has 8 nitrogen and oxygen atoms in total. The van der Waals surface area contributed by atoms with Crippen LogP contribution in [0.3, 0.4) is 0 Å². The first kappa shape index (κ1) is 22.3. The van der Waals surface area contributed by atoms with Crippen LogP contribution in [0.25, 0.3) is 11.0 Å². The van der Waals surface area contributed by atoms with Crippen molar-refractivity contribution in [2.45, 2.75) is 47.0 Å². The van der Waals surface area contributed by atoms with Crippen LogP contribution in [-0.4, -0.2) is 24.8 Å². The molecule has 0 bridgehead atoms. The van der Waals surface area contributed by atoms with Crippen LogP contribution in [0.1, 0.15) is 29.3 Å². The molecule has 0 saturated heterocycles. The number of aromatic nitrogens is 4. The van der Waals surface area contributed by atoms with Crippen LogP contribution in [0.2, 0.25) is 0 Å². The molecule has 1 N–H and O–H groups in total. The first-order chi connectivity index (χ1) is 15.9. The lowest BCUT2D eigenvalue weighted by molar-refractivity contribution is -0.121. The van der Waals surface area contributed by atoms with E-state index < -0.39 is 11.2 Å².